The van der Waals surface area contributed by atoms with Crippen molar-refractivity contribution < 1.29 is 0 Å². The minimum absolute atomic E-state index is 0.493. The van der Waals surface area contributed by atoms with E-state index in [9.17, 15) is 0 Å². The first-order chi connectivity index (χ1) is 9.11. The zero-order chi connectivity index (χ0) is 13.8. The topological polar surface area (TPSA) is 29.9 Å². The van der Waals surface area contributed by atoms with E-state index in [0.29, 0.717) is 6.04 Å². The molecule has 0 bridgehead atoms. The van der Waals surface area contributed by atoms with E-state index in [1.165, 1.54) is 16.8 Å². The minimum atomic E-state index is 0.493. The molecular formula is C16H23N3. The molecule has 0 saturated heterocycles. The van der Waals surface area contributed by atoms with Crippen LogP contribution in [0.1, 0.15) is 37.6 Å². The van der Waals surface area contributed by atoms with Crippen LogP contribution in [0.25, 0.3) is 5.69 Å². The van der Waals surface area contributed by atoms with Crippen molar-refractivity contribution in [2.24, 2.45) is 0 Å². The van der Waals surface area contributed by atoms with Crippen LogP contribution in [0.4, 0.5) is 0 Å². The molecule has 3 nitrogen and oxygen atoms in total. The van der Waals surface area contributed by atoms with Crippen molar-refractivity contribution >= 4 is 0 Å². The highest BCUT2D eigenvalue weighted by atomic mass is 15.3. The third-order valence-corrected chi connectivity index (χ3v) is 3.24. The fraction of sp³-hybridized carbons (Fsp3) is 0.438. The maximum absolute atomic E-state index is 4.55. The van der Waals surface area contributed by atoms with Crippen molar-refractivity contribution in [3.05, 3.63) is 47.3 Å². The summed E-state index contributed by atoms with van der Waals surface area (Å²) in [5, 5.41) is 8.01. The van der Waals surface area contributed by atoms with Crippen LogP contribution in [-0.4, -0.2) is 15.8 Å². The molecule has 3 heteroatoms. The molecule has 19 heavy (non-hydrogen) atoms. The van der Waals surface area contributed by atoms with Crippen LogP contribution >= 0.6 is 0 Å². The van der Waals surface area contributed by atoms with E-state index < -0.39 is 0 Å². The van der Waals surface area contributed by atoms with Gasteiger partial charge in [-0.1, -0.05) is 32.9 Å². The number of hydrogen-bond donors (Lipinski definition) is 1. The van der Waals surface area contributed by atoms with Gasteiger partial charge in [0.1, 0.15) is 0 Å². The van der Waals surface area contributed by atoms with E-state index in [4.69, 9.17) is 0 Å². The van der Waals surface area contributed by atoms with E-state index in [-0.39, 0.29) is 0 Å². The average Bonchev–Trinajstić information content (AvgIpc) is 2.79. The molecule has 0 unspecified atom stereocenters. The second-order valence-electron chi connectivity index (χ2n) is 5.26. The van der Waals surface area contributed by atoms with Gasteiger partial charge in [0.2, 0.25) is 0 Å². The number of nitrogens with one attached hydrogen (secondary N) is 1. The molecule has 0 amide bonds. The van der Waals surface area contributed by atoms with E-state index in [0.717, 1.165) is 18.7 Å². The first-order valence-electron chi connectivity index (χ1n) is 6.98. The molecule has 0 saturated carbocycles. The maximum Gasteiger partial charge on any atom is 0.0651 e. The number of aromatic nitrogens is 2. The Morgan fingerprint density at radius 2 is 2.11 bits per heavy atom. The number of rotatable bonds is 5. The van der Waals surface area contributed by atoms with Gasteiger partial charge in [0.15, 0.2) is 0 Å². The largest absolute Gasteiger partial charge is 0.310 e. The first kappa shape index (κ1) is 13.8. The Morgan fingerprint density at radius 3 is 2.74 bits per heavy atom. The minimum Gasteiger partial charge on any atom is -0.310 e. The fourth-order valence-corrected chi connectivity index (χ4v) is 2.23. The monoisotopic (exact) mass is 257 g/mol. The lowest BCUT2D eigenvalue weighted by Crippen LogP contribution is -2.22. The van der Waals surface area contributed by atoms with Gasteiger partial charge < -0.3 is 5.32 Å². The number of aryl methyl sites for hydroxylation is 1. The number of nitrogens with zero attached hydrogens (tertiary/aromatic N) is 2. The van der Waals surface area contributed by atoms with Crippen molar-refractivity contribution in [3.63, 3.8) is 0 Å². The molecule has 0 radical (unpaired) electrons. The highest BCUT2D eigenvalue weighted by Crippen LogP contribution is 2.16. The van der Waals surface area contributed by atoms with Crippen molar-refractivity contribution in [2.45, 2.75) is 46.7 Å². The van der Waals surface area contributed by atoms with E-state index in [2.05, 4.69) is 67.1 Å². The Hall–Kier alpha value is -1.61. The molecule has 1 aromatic carbocycles. The van der Waals surface area contributed by atoms with Gasteiger partial charge in [-0.3, -0.25) is 0 Å². The first-order valence-corrected chi connectivity index (χ1v) is 6.98. The molecule has 0 fully saturated rings. The summed E-state index contributed by atoms with van der Waals surface area (Å²) in [6, 6.07) is 8.97. The third-order valence-electron chi connectivity index (χ3n) is 3.24. The van der Waals surface area contributed by atoms with Gasteiger partial charge in [0, 0.05) is 23.8 Å². The molecule has 0 spiro atoms. The Bertz CT molecular complexity index is 541. The molecule has 1 N–H and O–H groups in total. The second kappa shape index (κ2) is 6.02. The summed E-state index contributed by atoms with van der Waals surface area (Å²) < 4.78 is 2.06. The molecule has 1 aromatic heterocycles. The number of benzene rings is 1. The van der Waals surface area contributed by atoms with Gasteiger partial charge >= 0.3 is 0 Å². The summed E-state index contributed by atoms with van der Waals surface area (Å²) in [5.74, 6) is 0. The van der Waals surface area contributed by atoms with Crippen LogP contribution < -0.4 is 5.32 Å². The highest BCUT2D eigenvalue weighted by molar-refractivity contribution is 5.38. The molecule has 0 aliphatic rings. The molecule has 102 valence electrons. The van der Waals surface area contributed by atoms with Gasteiger partial charge in [-0.05, 0) is 31.0 Å². The van der Waals surface area contributed by atoms with E-state index in [1.54, 1.807) is 0 Å². The van der Waals surface area contributed by atoms with Gasteiger partial charge in [0.25, 0.3) is 0 Å². The summed E-state index contributed by atoms with van der Waals surface area (Å²) in [6.07, 6.45) is 2.97. The molecule has 2 aromatic rings. The summed E-state index contributed by atoms with van der Waals surface area (Å²) in [6.45, 7) is 9.50. The number of hydrogen-bond acceptors (Lipinski definition) is 2. The molecule has 0 atom stereocenters. The van der Waals surface area contributed by atoms with Crippen LogP contribution in [0, 0.1) is 6.92 Å². The van der Waals surface area contributed by atoms with Gasteiger partial charge in [-0.15, -0.1) is 0 Å². The predicted molar refractivity (Wildman–Crippen MR) is 79.7 cm³/mol. The van der Waals surface area contributed by atoms with Crippen molar-refractivity contribution in [1.29, 1.82) is 0 Å². The highest BCUT2D eigenvalue weighted by Gasteiger charge is 2.10. The van der Waals surface area contributed by atoms with Crippen molar-refractivity contribution in [3.8, 4) is 5.69 Å². The Kier molecular flexibility index (Phi) is 4.38. The molecule has 0 aliphatic carbocycles. The lowest BCUT2D eigenvalue weighted by atomic mass is 10.1. The van der Waals surface area contributed by atoms with Crippen LogP contribution in [0.15, 0.2) is 30.5 Å². The Balaban J connectivity index is 2.31. The van der Waals surface area contributed by atoms with Crippen LogP contribution in [0.5, 0.6) is 0 Å². The van der Waals surface area contributed by atoms with Gasteiger partial charge in [-0.25, -0.2) is 4.68 Å². The summed E-state index contributed by atoms with van der Waals surface area (Å²) in [5.41, 5.74) is 4.99. The smallest absolute Gasteiger partial charge is 0.0651 e. The lowest BCUT2D eigenvalue weighted by molar-refractivity contribution is 0.586. The van der Waals surface area contributed by atoms with Crippen molar-refractivity contribution in [1.82, 2.24) is 15.1 Å². The van der Waals surface area contributed by atoms with E-state index >= 15 is 0 Å². The summed E-state index contributed by atoms with van der Waals surface area (Å²) >= 11 is 0. The molecule has 0 aliphatic heterocycles. The zero-order valence-electron chi connectivity index (χ0n) is 12.3. The predicted octanol–water partition coefficient (Wildman–Crippen LogP) is 3.24. The standard InChI is InChI=1S/C16H23N3/c1-5-16-14(10-17-12(2)3)11-18-19(16)15-8-6-7-13(4)9-15/h6-9,11-12,17H,5,10H2,1-4H3. The van der Waals surface area contributed by atoms with Crippen LogP contribution in [0.2, 0.25) is 0 Å². The lowest BCUT2D eigenvalue weighted by Gasteiger charge is -2.10. The maximum atomic E-state index is 4.55. The zero-order valence-corrected chi connectivity index (χ0v) is 12.3. The second-order valence-corrected chi connectivity index (χ2v) is 5.26. The van der Waals surface area contributed by atoms with Crippen molar-refractivity contribution in [2.75, 3.05) is 0 Å². The third kappa shape index (κ3) is 3.24. The normalized spacial score (nSPS) is 11.2. The quantitative estimate of drug-likeness (QED) is 0.891. The molecule has 2 rings (SSSR count). The molecule has 1 heterocycles. The molecular weight excluding hydrogens is 234 g/mol. The SMILES string of the molecule is CCc1c(CNC(C)C)cnn1-c1cccc(C)c1. The summed E-state index contributed by atoms with van der Waals surface area (Å²) in [7, 11) is 0. The fourth-order valence-electron chi connectivity index (χ4n) is 2.23. The Labute approximate surface area is 115 Å². The average molecular weight is 257 g/mol. The van der Waals surface area contributed by atoms with Crippen LogP contribution in [-0.2, 0) is 13.0 Å². The van der Waals surface area contributed by atoms with Gasteiger partial charge in [-0.2, -0.15) is 5.10 Å². The Morgan fingerprint density at radius 1 is 1.32 bits per heavy atom. The van der Waals surface area contributed by atoms with Crippen LogP contribution in [0.3, 0.4) is 0 Å². The summed E-state index contributed by atoms with van der Waals surface area (Å²) in [4.78, 5) is 0. The van der Waals surface area contributed by atoms with Gasteiger partial charge in [0.05, 0.1) is 11.9 Å². The van der Waals surface area contributed by atoms with E-state index in [1.807, 2.05) is 6.20 Å².